The predicted molar refractivity (Wildman–Crippen MR) is 73.1 cm³/mol. The Morgan fingerprint density at radius 2 is 1.59 bits per heavy atom. The molecule has 0 atom stereocenters. The molecule has 0 aliphatic carbocycles. The van der Waals surface area contributed by atoms with E-state index < -0.39 is 10.0 Å². The number of anilines is 2. The van der Waals surface area contributed by atoms with Gasteiger partial charge in [-0.25, -0.2) is 8.42 Å². The summed E-state index contributed by atoms with van der Waals surface area (Å²) < 4.78 is 25.3. The van der Waals surface area contributed by atoms with Crippen molar-refractivity contribution in [3.05, 3.63) is 24.3 Å². The van der Waals surface area contributed by atoms with Crippen LogP contribution in [0.1, 0.15) is 20.8 Å². The highest BCUT2D eigenvalue weighted by atomic mass is 32.2. The Balaban J connectivity index is 2.81. The molecule has 1 aromatic carbocycles. The molecule has 0 aliphatic heterocycles. The molecule has 0 amide bonds. The zero-order chi connectivity index (χ0) is 12.9. The molecule has 0 aliphatic rings. The van der Waals surface area contributed by atoms with Crippen LogP contribution in [0.2, 0.25) is 0 Å². The minimum absolute atomic E-state index is 0.0881. The van der Waals surface area contributed by atoms with Crippen LogP contribution in [0.4, 0.5) is 11.4 Å². The van der Waals surface area contributed by atoms with Crippen molar-refractivity contribution in [2.24, 2.45) is 0 Å². The van der Waals surface area contributed by atoms with Gasteiger partial charge in [-0.1, -0.05) is 0 Å². The Labute approximate surface area is 104 Å². The predicted octanol–water partition coefficient (Wildman–Crippen LogP) is 2.29. The third-order valence-electron chi connectivity index (χ3n) is 2.65. The van der Waals surface area contributed by atoms with Crippen LogP contribution < -0.4 is 9.62 Å². The molecule has 5 heteroatoms. The molecule has 1 rings (SSSR count). The highest BCUT2D eigenvalue weighted by Gasteiger charge is 2.07. The fourth-order valence-electron chi connectivity index (χ4n) is 1.58. The van der Waals surface area contributed by atoms with Crippen LogP contribution in [-0.2, 0) is 10.0 Å². The summed E-state index contributed by atoms with van der Waals surface area (Å²) in [5.41, 5.74) is 1.72. The summed E-state index contributed by atoms with van der Waals surface area (Å²) >= 11 is 0. The molecule has 96 valence electrons. The smallest absolute Gasteiger partial charge is 0.232 e. The van der Waals surface area contributed by atoms with Crippen LogP contribution in [0, 0.1) is 0 Å². The average Bonchev–Trinajstić information content (AvgIpc) is 2.32. The van der Waals surface area contributed by atoms with Gasteiger partial charge in [-0.3, -0.25) is 4.72 Å². The topological polar surface area (TPSA) is 49.4 Å². The van der Waals surface area contributed by atoms with Gasteiger partial charge in [0.15, 0.2) is 0 Å². The van der Waals surface area contributed by atoms with Crippen molar-refractivity contribution in [3.8, 4) is 0 Å². The van der Waals surface area contributed by atoms with E-state index in [1.54, 1.807) is 19.1 Å². The lowest BCUT2D eigenvalue weighted by Gasteiger charge is -2.21. The fourth-order valence-corrected chi connectivity index (χ4v) is 2.22. The molecule has 0 aromatic heterocycles. The number of benzene rings is 1. The van der Waals surface area contributed by atoms with Crippen molar-refractivity contribution in [3.63, 3.8) is 0 Å². The standard InChI is InChI=1S/C12H20N2O2S/c1-4-14(5-2)12-9-7-11(8-10-12)13-17(15,16)6-3/h7-10,13H,4-6H2,1-3H3. The first-order valence-corrected chi connectivity index (χ1v) is 7.53. The van der Waals surface area contributed by atoms with E-state index in [9.17, 15) is 8.42 Å². The van der Waals surface area contributed by atoms with Crippen LogP contribution in [0.5, 0.6) is 0 Å². The van der Waals surface area contributed by atoms with Gasteiger partial charge < -0.3 is 4.90 Å². The second kappa shape index (κ2) is 5.91. The van der Waals surface area contributed by atoms with Gasteiger partial charge in [-0.05, 0) is 45.0 Å². The molecular weight excluding hydrogens is 236 g/mol. The minimum Gasteiger partial charge on any atom is -0.372 e. The molecular formula is C12H20N2O2S. The maximum atomic E-state index is 11.4. The van der Waals surface area contributed by atoms with Gasteiger partial charge in [0.25, 0.3) is 0 Å². The second-order valence-corrected chi connectivity index (χ2v) is 5.74. The molecule has 0 saturated heterocycles. The number of hydrogen-bond acceptors (Lipinski definition) is 3. The van der Waals surface area contributed by atoms with E-state index in [1.807, 2.05) is 12.1 Å². The van der Waals surface area contributed by atoms with Gasteiger partial charge >= 0.3 is 0 Å². The Bertz CT molecular complexity index is 436. The van der Waals surface area contributed by atoms with Crippen molar-refractivity contribution >= 4 is 21.4 Å². The van der Waals surface area contributed by atoms with Gasteiger partial charge in [0.2, 0.25) is 10.0 Å². The maximum Gasteiger partial charge on any atom is 0.232 e. The molecule has 17 heavy (non-hydrogen) atoms. The van der Waals surface area contributed by atoms with E-state index in [4.69, 9.17) is 0 Å². The zero-order valence-electron chi connectivity index (χ0n) is 10.6. The third-order valence-corrected chi connectivity index (χ3v) is 3.96. The largest absolute Gasteiger partial charge is 0.372 e. The van der Waals surface area contributed by atoms with Crippen molar-refractivity contribution in [2.45, 2.75) is 20.8 Å². The Morgan fingerprint density at radius 3 is 2.00 bits per heavy atom. The van der Waals surface area contributed by atoms with Gasteiger partial charge in [-0.2, -0.15) is 0 Å². The summed E-state index contributed by atoms with van der Waals surface area (Å²) in [5.74, 6) is 0.0881. The van der Waals surface area contributed by atoms with Crippen LogP contribution >= 0.6 is 0 Å². The quantitative estimate of drug-likeness (QED) is 0.849. The first kappa shape index (κ1) is 13.8. The molecule has 0 unspecified atom stereocenters. The van der Waals surface area contributed by atoms with E-state index >= 15 is 0 Å². The monoisotopic (exact) mass is 256 g/mol. The maximum absolute atomic E-state index is 11.4. The van der Waals surface area contributed by atoms with E-state index in [1.165, 1.54) is 0 Å². The van der Waals surface area contributed by atoms with Crippen LogP contribution in [-0.4, -0.2) is 27.3 Å². The first-order chi connectivity index (χ1) is 8.02. The Morgan fingerprint density at radius 1 is 1.06 bits per heavy atom. The third kappa shape index (κ3) is 3.93. The number of rotatable bonds is 6. The summed E-state index contributed by atoms with van der Waals surface area (Å²) in [6.07, 6.45) is 0. The lowest BCUT2D eigenvalue weighted by atomic mass is 10.2. The number of sulfonamides is 1. The number of hydrogen-bond donors (Lipinski definition) is 1. The minimum atomic E-state index is -3.18. The molecule has 0 fully saturated rings. The molecule has 1 N–H and O–H groups in total. The van der Waals surface area contributed by atoms with Gasteiger partial charge in [-0.15, -0.1) is 0 Å². The first-order valence-electron chi connectivity index (χ1n) is 5.87. The van der Waals surface area contributed by atoms with Crippen molar-refractivity contribution in [2.75, 3.05) is 28.5 Å². The SMILES string of the molecule is CCN(CC)c1ccc(NS(=O)(=O)CC)cc1. The fraction of sp³-hybridized carbons (Fsp3) is 0.500. The zero-order valence-corrected chi connectivity index (χ0v) is 11.4. The molecule has 0 radical (unpaired) electrons. The van der Waals surface area contributed by atoms with Crippen molar-refractivity contribution in [1.29, 1.82) is 0 Å². The Kier molecular flexibility index (Phi) is 4.81. The summed E-state index contributed by atoms with van der Waals surface area (Å²) in [5, 5.41) is 0. The second-order valence-electron chi connectivity index (χ2n) is 3.72. The molecule has 0 saturated carbocycles. The summed E-state index contributed by atoms with van der Waals surface area (Å²) in [6, 6.07) is 7.45. The van der Waals surface area contributed by atoms with Crippen LogP contribution in [0.3, 0.4) is 0 Å². The van der Waals surface area contributed by atoms with Gasteiger partial charge in [0.1, 0.15) is 0 Å². The summed E-state index contributed by atoms with van der Waals surface area (Å²) in [4.78, 5) is 2.21. The Hall–Kier alpha value is -1.23. The van der Waals surface area contributed by atoms with Gasteiger partial charge in [0.05, 0.1) is 5.75 Å². The summed E-state index contributed by atoms with van der Waals surface area (Å²) in [6.45, 7) is 7.69. The lowest BCUT2D eigenvalue weighted by Crippen LogP contribution is -2.21. The average molecular weight is 256 g/mol. The van der Waals surface area contributed by atoms with Gasteiger partial charge in [0, 0.05) is 24.5 Å². The molecule has 0 spiro atoms. The highest BCUT2D eigenvalue weighted by molar-refractivity contribution is 7.92. The van der Waals surface area contributed by atoms with E-state index in [-0.39, 0.29) is 5.75 Å². The molecule has 4 nitrogen and oxygen atoms in total. The van der Waals surface area contributed by atoms with Crippen LogP contribution in [0.25, 0.3) is 0 Å². The molecule has 0 bridgehead atoms. The van der Waals surface area contributed by atoms with Crippen LogP contribution in [0.15, 0.2) is 24.3 Å². The van der Waals surface area contributed by atoms with E-state index in [2.05, 4.69) is 23.5 Å². The molecule has 1 aromatic rings. The van der Waals surface area contributed by atoms with E-state index in [0.717, 1.165) is 18.8 Å². The normalized spacial score (nSPS) is 11.2. The molecule has 0 heterocycles. The summed E-state index contributed by atoms with van der Waals surface area (Å²) in [7, 11) is -3.18. The number of nitrogens with one attached hydrogen (secondary N) is 1. The lowest BCUT2D eigenvalue weighted by molar-refractivity contribution is 0.602. The number of nitrogens with zero attached hydrogens (tertiary/aromatic N) is 1. The van der Waals surface area contributed by atoms with E-state index in [0.29, 0.717) is 5.69 Å². The highest BCUT2D eigenvalue weighted by Crippen LogP contribution is 2.18. The van der Waals surface area contributed by atoms with Crippen molar-refractivity contribution < 1.29 is 8.42 Å². The van der Waals surface area contributed by atoms with Crippen molar-refractivity contribution in [1.82, 2.24) is 0 Å².